The summed E-state index contributed by atoms with van der Waals surface area (Å²) in [6, 6.07) is 13.9. The first-order chi connectivity index (χ1) is 14.6. The summed E-state index contributed by atoms with van der Waals surface area (Å²) in [7, 11) is 0. The molecule has 2 heterocycles. The Morgan fingerprint density at radius 3 is 2.70 bits per heavy atom. The highest BCUT2D eigenvalue weighted by Crippen LogP contribution is 2.30. The minimum absolute atomic E-state index is 0.0909. The zero-order chi connectivity index (χ0) is 20.7. The molecule has 154 valence electrons. The first-order valence-corrected chi connectivity index (χ1v) is 10.3. The normalized spacial score (nSPS) is 17.9. The van der Waals surface area contributed by atoms with Crippen molar-refractivity contribution in [1.29, 1.82) is 0 Å². The Hall–Kier alpha value is -3.22. The number of halogens is 2. The fourth-order valence-corrected chi connectivity index (χ4v) is 4.42. The van der Waals surface area contributed by atoms with Crippen LogP contribution in [0.4, 0.5) is 14.5 Å². The standard InChI is InChI=1S/C23H22F2N4O/c24-19-10-9-17(13-20(19)25)29-21-8-4-7-18(21)22(27-29)23(30)28-12-11-16(14-28)26-15-5-2-1-3-6-15/h1-3,5-6,9-10,13,16,26H,4,7-8,11-12,14H2. The van der Waals surface area contributed by atoms with Crippen LogP contribution >= 0.6 is 0 Å². The second kappa shape index (κ2) is 7.55. The van der Waals surface area contributed by atoms with Gasteiger partial charge in [0.25, 0.3) is 5.91 Å². The highest BCUT2D eigenvalue weighted by Gasteiger charge is 2.33. The zero-order valence-electron chi connectivity index (χ0n) is 16.4. The maximum absolute atomic E-state index is 13.8. The molecular weight excluding hydrogens is 386 g/mol. The molecule has 0 spiro atoms. The lowest BCUT2D eigenvalue weighted by atomic mass is 10.2. The smallest absolute Gasteiger partial charge is 0.274 e. The van der Waals surface area contributed by atoms with E-state index in [1.165, 1.54) is 6.07 Å². The van der Waals surface area contributed by atoms with E-state index in [0.717, 1.165) is 54.8 Å². The van der Waals surface area contributed by atoms with E-state index in [1.54, 1.807) is 4.68 Å². The molecule has 1 aliphatic heterocycles. The largest absolute Gasteiger partial charge is 0.380 e. The molecule has 1 saturated heterocycles. The number of nitrogens with zero attached hydrogens (tertiary/aromatic N) is 3. The van der Waals surface area contributed by atoms with E-state index in [1.807, 2.05) is 35.2 Å². The molecule has 5 nitrogen and oxygen atoms in total. The zero-order valence-corrected chi connectivity index (χ0v) is 16.4. The summed E-state index contributed by atoms with van der Waals surface area (Å²) in [6.07, 6.45) is 3.34. The van der Waals surface area contributed by atoms with E-state index < -0.39 is 11.6 Å². The summed E-state index contributed by atoms with van der Waals surface area (Å²) < 4.78 is 28.7. The van der Waals surface area contributed by atoms with Gasteiger partial charge in [0.05, 0.1) is 5.69 Å². The molecule has 0 saturated carbocycles. The van der Waals surface area contributed by atoms with Gasteiger partial charge in [-0.1, -0.05) is 18.2 Å². The number of carbonyl (C=O) groups is 1. The van der Waals surface area contributed by atoms with Crippen LogP contribution in [-0.2, 0) is 12.8 Å². The Morgan fingerprint density at radius 1 is 1.07 bits per heavy atom. The fourth-order valence-electron chi connectivity index (χ4n) is 4.42. The molecule has 5 rings (SSSR count). The van der Waals surface area contributed by atoms with Crippen LogP contribution in [0.25, 0.3) is 5.69 Å². The molecule has 1 unspecified atom stereocenters. The SMILES string of the molecule is O=C(c1nn(-c2ccc(F)c(F)c2)c2c1CCC2)N1CCC(Nc2ccccc2)C1. The summed E-state index contributed by atoms with van der Waals surface area (Å²) in [5.74, 6) is -1.91. The van der Waals surface area contributed by atoms with Crippen LogP contribution in [0.5, 0.6) is 0 Å². The lowest BCUT2D eigenvalue weighted by Crippen LogP contribution is -2.32. The van der Waals surface area contributed by atoms with Gasteiger partial charge in [-0.2, -0.15) is 5.10 Å². The Bertz CT molecular complexity index is 1100. The van der Waals surface area contributed by atoms with Gasteiger partial charge in [-0.15, -0.1) is 0 Å². The molecule has 1 fully saturated rings. The highest BCUT2D eigenvalue weighted by atomic mass is 19.2. The van der Waals surface area contributed by atoms with Crippen LogP contribution in [0, 0.1) is 11.6 Å². The number of carbonyl (C=O) groups excluding carboxylic acids is 1. The Balaban J connectivity index is 1.38. The molecule has 7 heteroatoms. The Labute approximate surface area is 173 Å². The van der Waals surface area contributed by atoms with Crippen LogP contribution in [0.2, 0.25) is 0 Å². The molecule has 3 aromatic rings. The summed E-state index contributed by atoms with van der Waals surface area (Å²) in [6.45, 7) is 1.27. The summed E-state index contributed by atoms with van der Waals surface area (Å²) in [5, 5.41) is 8.02. The minimum atomic E-state index is -0.919. The third kappa shape index (κ3) is 3.34. The van der Waals surface area contributed by atoms with Crippen molar-refractivity contribution in [2.75, 3.05) is 18.4 Å². The molecule has 1 aromatic heterocycles. The second-order valence-electron chi connectivity index (χ2n) is 7.88. The summed E-state index contributed by atoms with van der Waals surface area (Å²) in [5.41, 5.74) is 3.77. The van der Waals surface area contributed by atoms with Crippen molar-refractivity contribution in [1.82, 2.24) is 14.7 Å². The molecule has 0 bridgehead atoms. The lowest BCUT2D eigenvalue weighted by Gasteiger charge is -2.17. The van der Waals surface area contributed by atoms with E-state index in [4.69, 9.17) is 0 Å². The Morgan fingerprint density at radius 2 is 1.90 bits per heavy atom. The van der Waals surface area contributed by atoms with Crippen molar-refractivity contribution in [2.45, 2.75) is 31.7 Å². The van der Waals surface area contributed by atoms with Crippen molar-refractivity contribution in [2.24, 2.45) is 0 Å². The third-order valence-corrected chi connectivity index (χ3v) is 5.90. The maximum atomic E-state index is 13.8. The first-order valence-electron chi connectivity index (χ1n) is 10.3. The van der Waals surface area contributed by atoms with Gasteiger partial charge in [-0.3, -0.25) is 4.79 Å². The van der Waals surface area contributed by atoms with Gasteiger partial charge in [-0.25, -0.2) is 13.5 Å². The molecule has 30 heavy (non-hydrogen) atoms. The molecule has 2 aromatic carbocycles. The van der Waals surface area contributed by atoms with Gasteiger partial charge >= 0.3 is 0 Å². The van der Waals surface area contributed by atoms with E-state index in [0.29, 0.717) is 24.5 Å². The molecule has 1 atom stereocenters. The molecule has 0 radical (unpaired) electrons. The molecular formula is C23H22F2N4O. The van der Waals surface area contributed by atoms with Crippen LogP contribution in [0.15, 0.2) is 48.5 Å². The molecule has 1 amide bonds. The van der Waals surface area contributed by atoms with Gasteiger partial charge in [0.15, 0.2) is 17.3 Å². The predicted octanol–water partition coefficient (Wildman–Crippen LogP) is 3.97. The van der Waals surface area contributed by atoms with Crippen LogP contribution < -0.4 is 5.32 Å². The Kier molecular flexibility index (Phi) is 4.73. The first kappa shape index (κ1) is 18.8. The third-order valence-electron chi connectivity index (χ3n) is 5.90. The average Bonchev–Trinajstić information content (AvgIpc) is 3.47. The van der Waals surface area contributed by atoms with Crippen molar-refractivity contribution in [3.05, 3.63) is 77.1 Å². The number of benzene rings is 2. The number of fused-ring (bicyclic) bond motifs is 1. The van der Waals surface area contributed by atoms with E-state index in [9.17, 15) is 13.6 Å². The number of para-hydroxylation sites is 1. The number of amides is 1. The van der Waals surface area contributed by atoms with Crippen LogP contribution in [-0.4, -0.2) is 39.7 Å². The van der Waals surface area contributed by atoms with Crippen LogP contribution in [0.3, 0.4) is 0 Å². The number of rotatable bonds is 4. The maximum Gasteiger partial charge on any atom is 0.274 e. The monoisotopic (exact) mass is 408 g/mol. The van der Waals surface area contributed by atoms with Gasteiger partial charge in [0.1, 0.15) is 0 Å². The van der Waals surface area contributed by atoms with E-state index in [2.05, 4.69) is 10.4 Å². The van der Waals surface area contributed by atoms with Gasteiger partial charge in [0, 0.05) is 42.1 Å². The van der Waals surface area contributed by atoms with Crippen molar-refractivity contribution in [3.8, 4) is 5.69 Å². The second-order valence-corrected chi connectivity index (χ2v) is 7.88. The van der Waals surface area contributed by atoms with Gasteiger partial charge in [0.2, 0.25) is 0 Å². The van der Waals surface area contributed by atoms with Crippen molar-refractivity contribution < 1.29 is 13.6 Å². The number of hydrogen-bond donors (Lipinski definition) is 1. The van der Waals surface area contributed by atoms with Gasteiger partial charge in [-0.05, 0) is 49.9 Å². The number of likely N-dealkylation sites (tertiary alicyclic amines) is 1. The highest BCUT2D eigenvalue weighted by molar-refractivity contribution is 5.94. The lowest BCUT2D eigenvalue weighted by molar-refractivity contribution is 0.0784. The molecule has 2 aliphatic rings. The summed E-state index contributed by atoms with van der Waals surface area (Å²) >= 11 is 0. The number of hydrogen-bond acceptors (Lipinski definition) is 3. The quantitative estimate of drug-likeness (QED) is 0.711. The minimum Gasteiger partial charge on any atom is -0.380 e. The topological polar surface area (TPSA) is 50.2 Å². The fraction of sp³-hybridized carbons (Fsp3) is 0.304. The number of anilines is 1. The number of nitrogens with one attached hydrogen (secondary N) is 1. The van der Waals surface area contributed by atoms with Gasteiger partial charge < -0.3 is 10.2 Å². The average molecular weight is 408 g/mol. The number of aromatic nitrogens is 2. The molecule has 1 N–H and O–H groups in total. The summed E-state index contributed by atoms with van der Waals surface area (Å²) in [4.78, 5) is 15.1. The molecule has 1 aliphatic carbocycles. The van der Waals surface area contributed by atoms with Crippen molar-refractivity contribution >= 4 is 11.6 Å². The van der Waals surface area contributed by atoms with E-state index >= 15 is 0 Å². The predicted molar refractivity (Wildman–Crippen MR) is 110 cm³/mol. The van der Waals surface area contributed by atoms with Crippen LogP contribution in [0.1, 0.15) is 34.6 Å². The van der Waals surface area contributed by atoms with Crippen molar-refractivity contribution in [3.63, 3.8) is 0 Å². The van der Waals surface area contributed by atoms with E-state index in [-0.39, 0.29) is 11.9 Å².